The van der Waals surface area contributed by atoms with Crippen LogP contribution in [0.5, 0.6) is 0 Å². The lowest BCUT2D eigenvalue weighted by atomic mass is 10.2. The van der Waals surface area contributed by atoms with Crippen LogP contribution in [0.2, 0.25) is 5.02 Å². The van der Waals surface area contributed by atoms with Crippen molar-refractivity contribution in [3.05, 3.63) is 35.5 Å². The molecule has 1 aromatic carbocycles. The molecule has 0 radical (unpaired) electrons. The molecule has 0 aliphatic carbocycles. The minimum atomic E-state index is -4.64. The summed E-state index contributed by atoms with van der Waals surface area (Å²) in [5, 5.41) is 15.1. The van der Waals surface area contributed by atoms with Gasteiger partial charge in [0.25, 0.3) is 0 Å². The van der Waals surface area contributed by atoms with E-state index in [1.54, 1.807) is 6.20 Å². The highest BCUT2D eigenvalue weighted by Gasteiger charge is 2.10. The van der Waals surface area contributed by atoms with Crippen LogP contribution in [-0.2, 0) is 4.57 Å². The zero-order valence-corrected chi connectivity index (χ0v) is 16.4. The van der Waals surface area contributed by atoms with E-state index in [2.05, 4.69) is 29.0 Å². The number of fused-ring (bicyclic) bond motifs is 1. The minimum Gasteiger partial charge on any atom is -0.390 e. The van der Waals surface area contributed by atoms with Crippen LogP contribution < -0.4 is 5.32 Å². The van der Waals surface area contributed by atoms with Crippen molar-refractivity contribution in [2.75, 3.05) is 31.5 Å². The van der Waals surface area contributed by atoms with E-state index >= 15 is 0 Å². The number of benzene rings is 1. The lowest BCUT2D eigenvalue weighted by Crippen LogP contribution is -2.35. The fraction of sp³-hybridized carbons (Fsp3) is 0.438. The van der Waals surface area contributed by atoms with E-state index in [9.17, 15) is 5.11 Å². The van der Waals surface area contributed by atoms with Crippen molar-refractivity contribution >= 4 is 36.0 Å². The van der Waals surface area contributed by atoms with Gasteiger partial charge >= 0.3 is 7.82 Å². The topological polar surface area (TPSA) is 126 Å². The molecular weight excluding hydrogens is 381 g/mol. The van der Waals surface area contributed by atoms with Crippen molar-refractivity contribution < 1.29 is 24.4 Å². The molecule has 8 nitrogen and oxygen atoms in total. The summed E-state index contributed by atoms with van der Waals surface area (Å²) in [5.41, 5.74) is 1.82. The molecule has 1 unspecified atom stereocenters. The number of anilines is 1. The number of aliphatic hydroxyl groups excluding tert-OH is 1. The summed E-state index contributed by atoms with van der Waals surface area (Å²) in [4.78, 5) is 28.1. The Morgan fingerprint density at radius 2 is 1.85 bits per heavy atom. The maximum Gasteiger partial charge on any atom is 0.466 e. The molecule has 146 valence electrons. The highest BCUT2D eigenvalue weighted by Crippen LogP contribution is 2.26. The van der Waals surface area contributed by atoms with E-state index in [0.29, 0.717) is 18.1 Å². The van der Waals surface area contributed by atoms with Crippen molar-refractivity contribution in [3.8, 4) is 0 Å². The third-order valence-corrected chi connectivity index (χ3v) is 3.83. The number of hydrogen-bond donors (Lipinski definition) is 5. The van der Waals surface area contributed by atoms with Crippen LogP contribution in [0.3, 0.4) is 0 Å². The molecule has 26 heavy (non-hydrogen) atoms. The number of halogens is 1. The second kappa shape index (κ2) is 10.8. The first kappa shape index (κ1) is 22.8. The summed E-state index contributed by atoms with van der Waals surface area (Å²) in [5.74, 6) is 0. The average molecular weight is 406 g/mol. The Kier molecular flexibility index (Phi) is 9.46. The molecule has 1 aromatic heterocycles. The second-order valence-electron chi connectivity index (χ2n) is 5.55. The average Bonchev–Trinajstić information content (AvgIpc) is 2.55. The van der Waals surface area contributed by atoms with Gasteiger partial charge in [-0.05, 0) is 37.4 Å². The number of nitrogens with zero attached hydrogens (tertiary/aromatic N) is 2. The van der Waals surface area contributed by atoms with Crippen molar-refractivity contribution in [1.29, 1.82) is 0 Å². The molecular formula is C16H25ClN3O5P. The second-order valence-corrected chi connectivity index (χ2v) is 7.02. The van der Waals surface area contributed by atoms with E-state index in [1.807, 2.05) is 24.3 Å². The molecule has 2 aromatic rings. The van der Waals surface area contributed by atoms with Crippen LogP contribution in [0.15, 0.2) is 30.5 Å². The van der Waals surface area contributed by atoms with Gasteiger partial charge in [-0.25, -0.2) is 4.57 Å². The summed E-state index contributed by atoms with van der Waals surface area (Å²) in [6.45, 7) is 7.29. The Morgan fingerprint density at radius 1 is 1.23 bits per heavy atom. The molecule has 5 N–H and O–H groups in total. The predicted molar refractivity (Wildman–Crippen MR) is 103 cm³/mol. The zero-order valence-electron chi connectivity index (χ0n) is 14.7. The molecule has 0 fully saturated rings. The lowest BCUT2D eigenvalue weighted by Gasteiger charge is -2.22. The third kappa shape index (κ3) is 8.91. The van der Waals surface area contributed by atoms with Gasteiger partial charge in [0.05, 0.1) is 11.6 Å². The van der Waals surface area contributed by atoms with Gasteiger partial charge in [-0.3, -0.25) is 4.98 Å². The van der Waals surface area contributed by atoms with E-state index in [-0.39, 0.29) is 0 Å². The number of rotatable bonds is 7. The molecule has 0 aliphatic heterocycles. The predicted octanol–water partition coefficient (Wildman–Crippen LogP) is 2.07. The van der Waals surface area contributed by atoms with Crippen LogP contribution >= 0.6 is 19.4 Å². The van der Waals surface area contributed by atoms with E-state index in [1.165, 1.54) is 0 Å². The number of aliphatic hydroxyl groups is 1. The van der Waals surface area contributed by atoms with E-state index in [4.69, 9.17) is 30.8 Å². The SMILES string of the molecule is CCN(CC)CC(O)CNc1ccnc2cc(Cl)ccc12.O=P(O)(O)O. The first-order chi connectivity index (χ1) is 12.1. The van der Waals surface area contributed by atoms with Crippen LogP contribution in [0, 0.1) is 0 Å². The number of pyridine rings is 1. The van der Waals surface area contributed by atoms with Crippen LogP contribution in [0.25, 0.3) is 10.9 Å². The van der Waals surface area contributed by atoms with Gasteiger partial charge in [0, 0.05) is 35.4 Å². The summed E-state index contributed by atoms with van der Waals surface area (Å²) in [6, 6.07) is 7.56. The monoisotopic (exact) mass is 405 g/mol. The van der Waals surface area contributed by atoms with Gasteiger partial charge in [0.1, 0.15) is 0 Å². The molecule has 0 aliphatic rings. The Morgan fingerprint density at radius 3 is 2.42 bits per heavy atom. The van der Waals surface area contributed by atoms with Crippen LogP contribution in [0.4, 0.5) is 5.69 Å². The largest absolute Gasteiger partial charge is 0.466 e. The van der Waals surface area contributed by atoms with Gasteiger partial charge in [-0.1, -0.05) is 25.4 Å². The molecule has 10 heteroatoms. The fourth-order valence-corrected chi connectivity index (χ4v) is 2.51. The van der Waals surface area contributed by atoms with E-state index in [0.717, 1.165) is 29.7 Å². The minimum absolute atomic E-state index is 0.402. The first-order valence-electron chi connectivity index (χ1n) is 8.10. The van der Waals surface area contributed by atoms with Gasteiger partial charge in [-0.2, -0.15) is 0 Å². The molecule has 2 rings (SSSR count). The van der Waals surface area contributed by atoms with Crippen LogP contribution in [0.1, 0.15) is 13.8 Å². The number of likely N-dealkylation sites (N-methyl/N-ethyl adjacent to an activating group) is 1. The van der Waals surface area contributed by atoms with Gasteiger partial charge < -0.3 is 30.0 Å². The highest BCUT2D eigenvalue weighted by molar-refractivity contribution is 7.45. The fourth-order valence-electron chi connectivity index (χ4n) is 2.35. The highest BCUT2D eigenvalue weighted by atomic mass is 35.5. The molecule has 0 spiro atoms. The standard InChI is InChI=1S/C16H22ClN3O.H3O4P/c1-3-20(4-2)11-13(21)10-19-15-7-8-18-16-9-12(17)5-6-14(15)16;1-5(2,3)4/h5-9,13,21H,3-4,10-11H2,1-2H3,(H,18,19);(H3,1,2,3,4). The quantitative estimate of drug-likeness (QED) is 0.443. The number of nitrogens with one attached hydrogen (secondary N) is 1. The summed E-state index contributed by atoms with van der Waals surface area (Å²) < 4.78 is 8.88. The Hall–Kier alpha value is -1.25. The van der Waals surface area contributed by atoms with Crippen molar-refractivity contribution in [3.63, 3.8) is 0 Å². The van der Waals surface area contributed by atoms with Crippen LogP contribution in [-0.4, -0.2) is 62.0 Å². The lowest BCUT2D eigenvalue weighted by molar-refractivity contribution is 0.128. The Labute approximate surface area is 157 Å². The number of aromatic nitrogens is 1. The summed E-state index contributed by atoms with van der Waals surface area (Å²) in [7, 11) is -4.64. The third-order valence-electron chi connectivity index (χ3n) is 3.60. The Bertz CT molecular complexity index is 731. The molecule has 1 heterocycles. The normalized spacial score (nSPS) is 12.6. The molecule has 1 atom stereocenters. The molecule has 0 saturated heterocycles. The first-order valence-corrected chi connectivity index (χ1v) is 10.0. The summed E-state index contributed by atoms with van der Waals surface area (Å²) >= 11 is 5.98. The maximum absolute atomic E-state index is 10.1. The molecule has 0 bridgehead atoms. The zero-order chi connectivity index (χ0) is 19.7. The van der Waals surface area contributed by atoms with Crippen molar-refractivity contribution in [2.24, 2.45) is 0 Å². The van der Waals surface area contributed by atoms with E-state index < -0.39 is 13.9 Å². The van der Waals surface area contributed by atoms with Gasteiger partial charge in [0.2, 0.25) is 0 Å². The summed E-state index contributed by atoms with van der Waals surface area (Å²) in [6.07, 6.45) is 1.35. The van der Waals surface area contributed by atoms with Crippen molar-refractivity contribution in [1.82, 2.24) is 9.88 Å². The molecule has 0 amide bonds. The molecule has 0 saturated carbocycles. The number of hydrogen-bond acceptors (Lipinski definition) is 5. The smallest absolute Gasteiger partial charge is 0.390 e. The van der Waals surface area contributed by atoms with Crippen molar-refractivity contribution in [2.45, 2.75) is 20.0 Å². The maximum atomic E-state index is 10.1. The Balaban J connectivity index is 0.000000597. The van der Waals surface area contributed by atoms with Gasteiger partial charge in [-0.15, -0.1) is 0 Å². The number of phosphoric acid groups is 1. The van der Waals surface area contributed by atoms with Gasteiger partial charge in [0.15, 0.2) is 0 Å².